The standard InChI is InChI=1S/C24H29N5OS/c30-24(28-14-16-31-17-15-28)23-19-29(27-26-23)13-7-12-25-18-22(20-8-3-1-4-9-20)21-10-5-2-6-11-21/h1-6,8-11,19,22,25H,7,12-18H2. The third-order valence-electron chi connectivity index (χ3n) is 5.55. The Kier molecular flexibility index (Phi) is 7.74. The Morgan fingerprint density at radius 1 is 1.00 bits per heavy atom. The lowest BCUT2D eigenvalue weighted by atomic mass is 9.91. The summed E-state index contributed by atoms with van der Waals surface area (Å²) < 4.78 is 1.78. The molecule has 2 heterocycles. The second-order valence-corrected chi connectivity index (χ2v) is 8.93. The summed E-state index contributed by atoms with van der Waals surface area (Å²) in [5.74, 6) is 2.32. The van der Waals surface area contributed by atoms with Crippen molar-refractivity contribution in [2.24, 2.45) is 0 Å². The van der Waals surface area contributed by atoms with Crippen LogP contribution in [0.3, 0.4) is 0 Å². The molecule has 0 saturated carbocycles. The zero-order valence-electron chi connectivity index (χ0n) is 17.7. The average Bonchev–Trinajstić information content (AvgIpc) is 3.31. The highest BCUT2D eigenvalue weighted by Crippen LogP contribution is 2.23. The van der Waals surface area contributed by atoms with Crippen molar-refractivity contribution in [3.63, 3.8) is 0 Å². The third kappa shape index (κ3) is 5.95. The van der Waals surface area contributed by atoms with E-state index in [9.17, 15) is 4.79 Å². The first-order valence-electron chi connectivity index (χ1n) is 10.9. The summed E-state index contributed by atoms with van der Waals surface area (Å²) in [6.07, 6.45) is 2.70. The van der Waals surface area contributed by atoms with Crippen LogP contribution in [-0.2, 0) is 6.54 Å². The van der Waals surface area contributed by atoms with Crippen molar-refractivity contribution in [1.82, 2.24) is 25.2 Å². The average molecular weight is 436 g/mol. The molecule has 0 aliphatic carbocycles. The largest absolute Gasteiger partial charge is 0.336 e. The number of hydrogen-bond acceptors (Lipinski definition) is 5. The van der Waals surface area contributed by atoms with Crippen LogP contribution in [0.5, 0.6) is 0 Å². The van der Waals surface area contributed by atoms with Crippen LogP contribution in [0.1, 0.15) is 34.0 Å². The predicted molar refractivity (Wildman–Crippen MR) is 125 cm³/mol. The SMILES string of the molecule is O=C(c1cn(CCCNCC(c2ccccc2)c2ccccc2)nn1)N1CCSCC1. The van der Waals surface area contributed by atoms with Crippen LogP contribution < -0.4 is 5.32 Å². The van der Waals surface area contributed by atoms with Crippen molar-refractivity contribution in [1.29, 1.82) is 0 Å². The van der Waals surface area contributed by atoms with Crippen LogP contribution in [0.4, 0.5) is 0 Å². The molecular weight excluding hydrogens is 406 g/mol. The zero-order valence-corrected chi connectivity index (χ0v) is 18.5. The van der Waals surface area contributed by atoms with E-state index in [-0.39, 0.29) is 5.91 Å². The summed E-state index contributed by atoms with van der Waals surface area (Å²) >= 11 is 1.89. The molecule has 0 bridgehead atoms. The van der Waals surface area contributed by atoms with Crippen LogP contribution in [0.15, 0.2) is 66.9 Å². The molecule has 1 aromatic heterocycles. The zero-order chi connectivity index (χ0) is 21.3. The molecule has 31 heavy (non-hydrogen) atoms. The van der Waals surface area contributed by atoms with E-state index in [0.717, 1.165) is 50.7 Å². The monoisotopic (exact) mass is 435 g/mol. The van der Waals surface area contributed by atoms with E-state index < -0.39 is 0 Å². The number of aromatic nitrogens is 3. The third-order valence-corrected chi connectivity index (χ3v) is 6.49. The number of aryl methyl sites for hydroxylation is 1. The summed E-state index contributed by atoms with van der Waals surface area (Å²) in [7, 11) is 0. The molecule has 1 fully saturated rings. The van der Waals surface area contributed by atoms with Crippen LogP contribution in [-0.4, -0.2) is 63.5 Å². The lowest BCUT2D eigenvalue weighted by Gasteiger charge is -2.25. The normalized spacial score (nSPS) is 14.2. The minimum absolute atomic E-state index is 0.00163. The van der Waals surface area contributed by atoms with Gasteiger partial charge in [0.2, 0.25) is 0 Å². The number of hydrogen-bond donors (Lipinski definition) is 1. The summed E-state index contributed by atoms with van der Waals surface area (Å²) in [6, 6.07) is 21.2. The van der Waals surface area contributed by atoms with E-state index in [0.29, 0.717) is 11.6 Å². The van der Waals surface area contributed by atoms with Gasteiger partial charge in [-0.15, -0.1) is 5.10 Å². The lowest BCUT2D eigenvalue weighted by Crippen LogP contribution is -2.38. The first-order valence-corrected chi connectivity index (χ1v) is 12.0. The smallest absolute Gasteiger partial charge is 0.276 e. The van der Waals surface area contributed by atoms with Crippen molar-refractivity contribution in [2.75, 3.05) is 37.7 Å². The molecular formula is C24H29N5OS. The molecule has 0 atom stereocenters. The van der Waals surface area contributed by atoms with Gasteiger partial charge in [0.1, 0.15) is 0 Å². The highest BCUT2D eigenvalue weighted by atomic mass is 32.2. The van der Waals surface area contributed by atoms with Gasteiger partial charge in [-0.2, -0.15) is 11.8 Å². The Morgan fingerprint density at radius 3 is 2.29 bits per heavy atom. The van der Waals surface area contributed by atoms with Crippen LogP contribution in [0.2, 0.25) is 0 Å². The van der Waals surface area contributed by atoms with Crippen molar-refractivity contribution in [3.05, 3.63) is 83.7 Å². The van der Waals surface area contributed by atoms with Gasteiger partial charge >= 0.3 is 0 Å². The van der Waals surface area contributed by atoms with E-state index in [1.54, 1.807) is 10.9 Å². The number of carbonyl (C=O) groups is 1. The van der Waals surface area contributed by atoms with Crippen molar-refractivity contribution in [3.8, 4) is 0 Å². The fourth-order valence-corrected chi connectivity index (χ4v) is 4.75. The number of carbonyl (C=O) groups excluding carboxylic acids is 1. The summed E-state index contributed by atoms with van der Waals surface area (Å²) in [5.41, 5.74) is 3.08. The first kappa shape index (κ1) is 21.6. The van der Waals surface area contributed by atoms with Gasteiger partial charge < -0.3 is 10.2 Å². The molecule has 6 nitrogen and oxygen atoms in total. The number of nitrogens with zero attached hydrogens (tertiary/aromatic N) is 4. The fraction of sp³-hybridized carbons (Fsp3) is 0.375. The highest BCUT2D eigenvalue weighted by Gasteiger charge is 2.21. The van der Waals surface area contributed by atoms with Crippen molar-refractivity contribution < 1.29 is 4.79 Å². The molecule has 1 N–H and O–H groups in total. The predicted octanol–water partition coefficient (Wildman–Crippen LogP) is 3.28. The maximum atomic E-state index is 12.5. The molecule has 0 radical (unpaired) electrons. The first-order chi connectivity index (χ1) is 15.3. The molecule has 3 aromatic rings. The summed E-state index contributed by atoms with van der Waals surface area (Å²) in [6.45, 7) is 4.09. The molecule has 1 saturated heterocycles. The Bertz CT molecular complexity index is 901. The Labute approximate surface area is 188 Å². The Balaban J connectivity index is 1.26. The second kappa shape index (κ2) is 11.1. The van der Waals surface area contributed by atoms with E-state index in [2.05, 4.69) is 76.3 Å². The highest BCUT2D eigenvalue weighted by molar-refractivity contribution is 7.99. The maximum Gasteiger partial charge on any atom is 0.276 e. The molecule has 0 spiro atoms. The van der Waals surface area contributed by atoms with Gasteiger partial charge in [0.05, 0.1) is 6.20 Å². The molecule has 0 unspecified atom stereocenters. The summed E-state index contributed by atoms with van der Waals surface area (Å²) in [5, 5.41) is 11.8. The molecule has 1 amide bonds. The minimum atomic E-state index is -0.00163. The Morgan fingerprint density at radius 2 is 1.65 bits per heavy atom. The minimum Gasteiger partial charge on any atom is -0.336 e. The van der Waals surface area contributed by atoms with E-state index >= 15 is 0 Å². The second-order valence-electron chi connectivity index (χ2n) is 7.70. The number of rotatable bonds is 9. The molecule has 7 heteroatoms. The van der Waals surface area contributed by atoms with Crippen LogP contribution in [0, 0.1) is 0 Å². The van der Waals surface area contributed by atoms with Crippen molar-refractivity contribution in [2.45, 2.75) is 18.9 Å². The van der Waals surface area contributed by atoms with Gasteiger partial charge in [0, 0.05) is 43.6 Å². The molecule has 4 rings (SSSR count). The van der Waals surface area contributed by atoms with Gasteiger partial charge in [-0.05, 0) is 24.1 Å². The molecule has 2 aromatic carbocycles. The van der Waals surface area contributed by atoms with E-state index in [1.165, 1.54) is 11.1 Å². The molecule has 162 valence electrons. The number of benzene rings is 2. The number of amides is 1. The van der Waals surface area contributed by atoms with Gasteiger partial charge in [-0.25, -0.2) is 0 Å². The van der Waals surface area contributed by atoms with Gasteiger partial charge in [0.15, 0.2) is 5.69 Å². The molecule has 1 aliphatic rings. The Hall–Kier alpha value is -2.64. The summed E-state index contributed by atoms with van der Waals surface area (Å²) in [4.78, 5) is 14.4. The molecule has 1 aliphatic heterocycles. The van der Waals surface area contributed by atoms with Crippen LogP contribution in [0.25, 0.3) is 0 Å². The number of thioether (sulfide) groups is 1. The van der Waals surface area contributed by atoms with Gasteiger partial charge in [0.25, 0.3) is 5.91 Å². The maximum absolute atomic E-state index is 12.5. The van der Waals surface area contributed by atoms with Gasteiger partial charge in [-0.1, -0.05) is 65.9 Å². The van der Waals surface area contributed by atoms with E-state index in [1.807, 2.05) is 16.7 Å². The topological polar surface area (TPSA) is 63.1 Å². The fourth-order valence-electron chi connectivity index (χ4n) is 3.85. The number of nitrogens with one attached hydrogen (secondary N) is 1. The van der Waals surface area contributed by atoms with Gasteiger partial charge in [-0.3, -0.25) is 9.48 Å². The quantitative estimate of drug-likeness (QED) is 0.523. The van der Waals surface area contributed by atoms with Crippen molar-refractivity contribution >= 4 is 17.7 Å². The van der Waals surface area contributed by atoms with Crippen LogP contribution >= 0.6 is 11.8 Å². The lowest BCUT2D eigenvalue weighted by molar-refractivity contribution is 0.0766. The van der Waals surface area contributed by atoms with E-state index in [4.69, 9.17) is 0 Å².